The van der Waals surface area contributed by atoms with Crippen molar-refractivity contribution in [1.29, 1.82) is 0 Å². The smallest absolute Gasteiger partial charge is 0.268 e. The Bertz CT molecular complexity index is 445. The van der Waals surface area contributed by atoms with Crippen LogP contribution in [0.4, 0.5) is 5.69 Å². The van der Waals surface area contributed by atoms with E-state index in [4.69, 9.17) is 10.5 Å². The van der Waals surface area contributed by atoms with E-state index in [1.165, 1.54) is 4.90 Å². The van der Waals surface area contributed by atoms with Gasteiger partial charge in [-0.2, -0.15) is 0 Å². The molecule has 2 rings (SSSR count). The highest BCUT2D eigenvalue weighted by Crippen LogP contribution is 2.33. The number of rotatable bonds is 2. The number of benzene rings is 1. The van der Waals surface area contributed by atoms with Crippen LogP contribution in [-0.4, -0.2) is 24.5 Å². The lowest BCUT2D eigenvalue weighted by Gasteiger charge is -2.32. The van der Waals surface area contributed by atoms with Crippen LogP contribution in [0, 0.1) is 0 Å². The topological polar surface area (TPSA) is 72.6 Å². The fourth-order valence-corrected chi connectivity index (χ4v) is 1.68. The van der Waals surface area contributed by atoms with Gasteiger partial charge in [-0.05, 0) is 19.1 Å². The first-order valence-electron chi connectivity index (χ1n) is 4.95. The van der Waals surface area contributed by atoms with Crippen molar-refractivity contribution in [2.75, 3.05) is 11.4 Å². The second kappa shape index (κ2) is 3.84. The minimum Gasteiger partial charge on any atom is -0.479 e. The number of amides is 2. The molecule has 1 aromatic rings. The molecule has 1 aromatic carbocycles. The molecule has 84 valence electrons. The molecule has 0 saturated heterocycles. The molecule has 1 aliphatic rings. The molecular weight excluding hydrogens is 208 g/mol. The van der Waals surface area contributed by atoms with Gasteiger partial charge in [-0.25, -0.2) is 0 Å². The summed E-state index contributed by atoms with van der Waals surface area (Å²) in [6.45, 7) is 1.52. The first-order chi connectivity index (χ1) is 7.59. The highest BCUT2D eigenvalue weighted by Gasteiger charge is 2.31. The largest absolute Gasteiger partial charge is 0.479 e. The van der Waals surface area contributed by atoms with E-state index in [9.17, 15) is 9.59 Å². The van der Waals surface area contributed by atoms with E-state index in [1.807, 2.05) is 6.07 Å². The van der Waals surface area contributed by atoms with Gasteiger partial charge in [0, 0.05) is 0 Å². The Morgan fingerprint density at radius 2 is 2.19 bits per heavy atom. The summed E-state index contributed by atoms with van der Waals surface area (Å²) in [5, 5.41) is 0. The zero-order valence-electron chi connectivity index (χ0n) is 8.84. The highest BCUT2D eigenvalue weighted by molar-refractivity contribution is 6.03. The molecule has 1 heterocycles. The van der Waals surface area contributed by atoms with Crippen molar-refractivity contribution in [3.63, 3.8) is 0 Å². The summed E-state index contributed by atoms with van der Waals surface area (Å²) < 4.78 is 5.41. The number of carbonyl (C=O) groups excluding carboxylic acids is 2. The molecule has 1 atom stereocenters. The van der Waals surface area contributed by atoms with Crippen molar-refractivity contribution < 1.29 is 14.3 Å². The van der Waals surface area contributed by atoms with Crippen LogP contribution < -0.4 is 15.4 Å². The standard InChI is InChI=1S/C11H12N2O3/c1-7-11(15)13(6-10(12)14)8-4-2-3-5-9(8)16-7/h2-5,7H,6H2,1H3,(H2,12,14). The molecule has 0 fully saturated rings. The fourth-order valence-electron chi connectivity index (χ4n) is 1.68. The van der Waals surface area contributed by atoms with Gasteiger partial charge >= 0.3 is 0 Å². The van der Waals surface area contributed by atoms with Gasteiger partial charge in [-0.3, -0.25) is 14.5 Å². The zero-order chi connectivity index (χ0) is 11.7. The molecule has 5 nitrogen and oxygen atoms in total. The molecule has 0 aliphatic carbocycles. The molecular formula is C11H12N2O3. The molecule has 2 N–H and O–H groups in total. The van der Waals surface area contributed by atoms with Crippen LogP contribution >= 0.6 is 0 Å². The Balaban J connectivity index is 2.41. The monoisotopic (exact) mass is 220 g/mol. The van der Waals surface area contributed by atoms with Gasteiger partial charge in [-0.15, -0.1) is 0 Å². The molecule has 0 aromatic heterocycles. The Labute approximate surface area is 92.8 Å². The number of primary amides is 1. The molecule has 5 heteroatoms. The summed E-state index contributed by atoms with van der Waals surface area (Å²) in [5.74, 6) is -0.203. The number of anilines is 1. The highest BCUT2D eigenvalue weighted by atomic mass is 16.5. The predicted octanol–water partition coefficient (Wildman–Crippen LogP) is 0.286. The minimum atomic E-state index is -0.589. The maximum Gasteiger partial charge on any atom is 0.268 e. The average molecular weight is 220 g/mol. The van der Waals surface area contributed by atoms with E-state index in [0.29, 0.717) is 11.4 Å². The molecule has 2 amide bonds. The van der Waals surface area contributed by atoms with Crippen LogP contribution in [0.5, 0.6) is 5.75 Å². The first kappa shape index (κ1) is 10.5. The van der Waals surface area contributed by atoms with Crippen molar-refractivity contribution in [3.05, 3.63) is 24.3 Å². The van der Waals surface area contributed by atoms with Crippen LogP contribution in [0.15, 0.2) is 24.3 Å². The molecule has 0 radical (unpaired) electrons. The van der Waals surface area contributed by atoms with Crippen molar-refractivity contribution >= 4 is 17.5 Å². The summed E-state index contributed by atoms with van der Waals surface area (Å²) in [5.41, 5.74) is 5.70. The molecule has 0 saturated carbocycles. The second-order valence-electron chi connectivity index (χ2n) is 3.62. The summed E-state index contributed by atoms with van der Waals surface area (Å²) in [7, 11) is 0. The summed E-state index contributed by atoms with van der Waals surface area (Å²) in [6, 6.07) is 7.07. The van der Waals surface area contributed by atoms with E-state index in [1.54, 1.807) is 25.1 Å². The number of fused-ring (bicyclic) bond motifs is 1. The van der Waals surface area contributed by atoms with E-state index < -0.39 is 12.0 Å². The number of carbonyl (C=O) groups is 2. The zero-order valence-corrected chi connectivity index (χ0v) is 8.84. The molecule has 1 aliphatic heterocycles. The van der Waals surface area contributed by atoms with E-state index >= 15 is 0 Å². The quantitative estimate of drug-likeness (QED) is 0.778. The number of hydrogen-bond acceptors (Lipinski definition) is 3. The van der Waals surface area contributed by atoms with Crippen LogP contribution in [0.3, 0.4) is 0 Å². The van der Waals surface area contributed by atoms with E-state index in [-0.39, 0.29) is 12.5 Å². The Hall–Kier alpha value is -2.04. The van der Waals surface area contributed by atoms with Crippen LogP contribution in [-0.2, 0) is 9.59 Å². The van der Waals surface area contributed by atoms with Crippen molar-refractivity contribution in [1.82, 2.24) is 0 Å². The third-order valence-corrected chi connectivity index (χ3v) is 2.39. The molecule has 16 heavy (non-hydrogen) atoms. The minimum absolute atomic E-state index is 0.121. The number of nitrogens with two attached hydrogens (primary N) is 1. The van der Waals surface area contributed by atoms with E-state index in [0.717, 1.165) is 0 Å². The SMILES string of the molecule is CC1Oc2ccccc2N(CC(N)=O)C1=O. The van der Waals surface area contributed by atoms with Gasteiger partial charge in [0.05, 0.1) is 5.69 Å². The van der Waals surface area contributed by atoms with Crippen LogP contribution in [0.25, 0.3) is 0 Å². The normalized spacial score (nSPS) is 18.9. The van der Waals surface area contributed by atoms with Crippen molar-refractivity contribution in [2.24, 2.45) is 5.73 Å². The van der Waals surface area contributed by atoms with Gasteiger partial charge in [-0.1, -0.05) is 12.1 Å². The Morgan fingerprint density at radius 3 is 2.88 bits per heavy atom. The third-order valence-electron chi connectivity index (χ3n) is 2.39. The summed E-state index contributed by atoms with van der Waals surface area (Å²) >= 11 is 0. The molecule has 0 spiro atoms. The van der Waals surface area contributed by atoms with Gasteiger partial charge in [0.2, 0.25) is 5.91 Å². The number of hydrogen-bond donors (Lipinski definition) is 1. The Morgan fingerprint density at radius 1 is 1.50 bits per heavy atom. The Kier molecular flexibility index (Phi) is 2.52. The summed E-state index contributed by atoms with van der Waals surface area (Å²) in [4.78, 5) is 24.1. The number of nitrogens with zero attached hydrogens (tertiary/aromatic N) is 1. The lowest BCUT2D eigenvalue weighted by molar-refractivity contribution is -0.127. The molecule has 0 bridgehead atoms. The second-order valence-corrected chi connectivity index (χ2v) is 3.62. The predicted molar refractivity (Wildman–Crippen MR) is 58.1 cm³/mol. The lowest BCUT2D eigenvalue weighted by Crippen LogP contribution is -2.47. The lowest BCUT2D eigenvalue weighted by atomic mass is 10.2. The van der Waals surface area contributed by atoms with Crippen molar-refractivity contribution in [2.45, 2.75) is 13.0 Å². The van der Waals surface area contributed by atoms with E-state index in [2.05, 4.69) is 0 Å². The third kappa shape index (κ3) is 1.71. The summed E-state index contributed by atoms with van der Waals surface area (Å²) in [6.07, 6.45) is -0.589. The van der Waals surface area contributed by atoms with Gasteiger partial charge < -0.3 is 10.5 Å². The molecule has 1 unspecified atom stereocenters. The average Bonchev–Trinajstić information content (AvgIpc) is 2.24. The van der Waals surface area contributed by atoms with Crippen LogP contribution in [0.2, 0.25) is 0 Å². The fraction of sp³-hybridized carbons (Fsp3) is 0.273. The van der Waals surface area contributed by atoms with Gasteiger partial charge in [0.1, 0.15) is 12.3 Å². The number of ether oxygens (including phenoxy) is 1. The maximum absolute atomic E-state index is 11.8. The van der Waals surface area contributed by atoms with Crippen molar-refractivity contribution in [3.8, 4) is 5.75 Å². The van der Waals surface area contributed by atoms with Crippen LogP contribution in [0.1, 0.15) is 6.92 Å². The number of para-hydroxylation sites is 2. The maximum atomic E-state index is 11.8. The van der Waals surface area contributed by atoms with Gasteiger partial charge in [0.25, 0.3) is 5.91 Å². The van der Waals surface area contributed by atoms with Gasteiger partial charge in [0.15, 0.2) is 6.10 Å². The first-order valence-corrected chi connectivity index (χ1v) is 4.95.